The van der Waals surface area contributed by atoms with Crippen LogP contribution >= 0.6 is 15.9 Å². The molecule has 3 nitrogen and oxygen atoms in total. The fraction of sp³-hybridized carbons (Fsp3) is 0.364. The van der Waals surface area contributed by atoms with Crippen molar-refractivity contribution in [1.82, 2.24) is 0 Å². The Balaban J connectivity index is 2.93. The molecule has 0 aliphatic rings. The minimum absolute atomic E-state index is 0.114. The maximum absolute atomic E-state index is 13.4. The molecule has 1 rings (SSSR count). The molecule has 0 aromatic heterocycles. The van der Waals surface area contributed by atoms with Gasteiger partial charge >= 0.3 is 0 Å². The predicted molar refractivity (Wildman–Crippen MR) is 65.5 cm³/mol. The summed E-state index contributed by atoms with van der Waals surface area (Å²) in [5, 5.41) is 2.15. The van der Waals surface area contributed by atoms with Crippen molar-refractivity contribution in [2.45, 2.75) is 19.9 Å². The average Bonchev–Trinajstić information content (AvgIpc) is 2.21. The Bertz CT molecular complexity index is 414. The zero-order valence-corrected chi connectivity index (χ0v) is 11.0. The van der Waals surface area contributed by atoms with Crippen molar-refractivity contribution >= 4 is 27.5 Å². The van der Waals surface area contributed by atoms with Crippen LogP contribution in [0.15, 0.2) is 16.6 Å². The van der Waals surface area contributed by atoms with Gasteiger partial charge in [0.2, 0.25) is 5.91 Å². The Kier molecular flexibility index (Phi) is 4.59. The van der Waals surface area contributed by atoms with E-state index in [1.807, 2.05) is 0 Å². The number of benzene rings is 1. The summed E-state index contributed by atoms with van der Waals surface area (Å²) in [6.45, 7) is 3.50. The first-order chi connectivity index (χ1) is 7.82. The van der Waals surface area contributed by atoms with Gasteiger partial charge in [0.25, 0.3) is 0 Å². The van der Waals surface area contributed by atoms with Gasteiger partial charge in [0, 0.05) is 4.47 Å². The summed E-state index contributed by atoms with van der Waals surface area (Å²) >= 11 is 2.95. The van der Waals surface area contributed by atoms with Crippen LogP contribution in [0.3, 0.4) is 0 Å². The molecule has 94 valence electrons. The molecule has 0 saturated carbocycles. The largest absolute Gasteiger partial charge is 0.320 e. The fourth-order valence-electron chi connectivity index (χ4n) is 1.17. The quantitative estimate of drug-likeness (QED) is 0.902. The van der Waals surface area contributed by atoms with Crippen molar-refractivity contribution in [1.29, 1.82) is 0 Å². The molecule has 0 heterocycles. The highest BCUT2D eigenvalue weighted by molar-refractivity contribution is 9.10. The molecule has 1 aromatic rings. The lowest BCUT2D eigenvalue weighted by Gasteiger charge is -2.16. The first kappa shape index (κ1) is 14.1. The minimum Gasteiger partial charge on any atom is -0.320 e. The summed E-state index contributed by atoms with van der Waals surface area (Å²) in [5.41, 5.74) is 5.09. The second kappa shape index (κ2) is 5.55. The first-order valence-corrected chi connectivity index (χ1v) is 5.83. The monoisotopic (exact) mass is 306 g/mol. The van der Waals surface area contributed by atoms with E-state index in [0.29, 0.717) is 0 Å². The van der Waals surface area contributed by atoms with Gasteiger partial charge in [-0.1, -0.05) is 29.8 Å². The molecular weight excluding hydrogens is 294 g/mol. The second-order valence-electron chi connectivity index (χ2n) is 4.00. The van der Waals surface area contributed by atoms with Crippen molar-refractivity contribution < 1.29 is 13.6 Å². The van der Waals surface area contributed by atoms with Crippen LogP contribution in [-0.4, -0.2) is 11.9 Å². The van der Waals surface area contributed by atoms with Crippen LogP contribution in [-0.2, 0) is 4.79 Å². The van der Waals surface area contributed by atoms with Crippen LogP contribution in [0, 0.1) is 17.6 Å². The Morgan fingerprint density at radius 3 is 2.24 bits per heavy atom. The lowest BCUT2D eigenvalue weighted by molar-refractivity contribution is -0.118. The van der Waals surface area contributed by atoms with E-state index < -0.39 is 29.3 Å². The van der Waals surface area contributed by atoms with E-state index in [-0.39, 0.29) is 10.4 Å². The van der Waals surface area contributed by atoms with Gasteiger partial charge < -0.3 is 11.1 Å². The van der Waals surface area contributed by atoms with Gasteiger partial charge in [0.05, 0.1) is 6.04 Å². The molecule has 0 bridgehead atoms. The zero-order chi connectivity index (χ0) is 13.2. The number of amides is 1. The number of anilines is 1. The first-order valence-electron chi connectivity index (χ1n) is 5.04. The summed E-state index contributed by atoms with van der Waals surface area (Å²) in [6, 6.07) is 1.33. The van der Waals surface area contributed by atoms with Crippen LogP contribution in [0.4, 0.5) is 14.5 Å². The van der Waals surface area contributed by atoms with E-state index in [1.54, 1.807) is 13.8 Å². The van der Waals surface area contributed by atoms with E-state index >= 15 is 0 Å². The van der Waals surface area contributed by atoms with Crippen molar-refractivity contribution in [2.24, 2.45) is 11.7 Å². The molecule has 0 radical (unpaired) electrons. The topological polar surface area (TPSA) is 55.1 Å². The molecule has 1 amide bonds. The molecule has 6 heteroatoms. The third-order valence-corrected chi connectivity index (χ3v) is 2.73. The number of rotatable bonds is 3. The zero-order valence-electron chi connectivity index (χ0n) is 9.43. The van der Waals surface area contributed by atoms with Gasteiger partial charge in [-0.2, -0.15) is 0 Å². The van der Waals surface area contributed by atoms with Gasteiger partial charge in [0.1, 0.15) is 5.69 Å². The Hall–Kier alpha value is -1.01. The molecule has 3 N–H and O–H groups in total. The highest BCUT2D eigenvalue weighted by atomic mass is 79.9. The van der Waals surface area contributed by atoms with E-state index in [9.17, 15) is 13.6 Å². The maximum atomic E-state index is 13.4. The molecule has 1 aromatic carbocycles. The van der Waals surface area contributed by atoms with Gasteiger partial charge in [-0.3, -0.25) is 4.79 Å². The van der Waals surface area contributed by atoms with Crippen LogP contribution < -0.4 is 11.1 Å². The summed E-state index contributed by atoms with van der Waals surface area (Å²) < 4.78 is 27.1. The minimum atomic E-state index is -0.846. The number of carbonyl (C=O) groups is 1. The van der Waals surface area contributed by atoms with Gasteiger partial charge in [0.15, 0.2) is 11.6 Å². The SMILES string of the molecule is CC(C)[C@@H](N)C(=O)Nc1c(F)cc(Br)cc1F. The predicted octanol–water partition coefficient (Wildman–Crippen LogP) is 2.65. The Morgan fingerprint density at radius 2 is 1.82 bits per heavy atom. The molecule has 0 fully saturated rings. The number of hydrogen-bond donors (Lipinski definition) is 2. The summed E-state index contributed by atoms with van der Waals surface area (Å²) in [5.74, 6) is -2.42. The Labute approximate surface area is 107 Å². The second-order valence-corrected chi connectivity index (χ2v) is 4.92. The Morgan fingerprint density at radius 1 is 1.35 bits per heavy atom. The molecule has 0 aliphatic carbocycles. The lowest BCUT2D eigenvalue weighted by atomic mass is 10.0. The van der Waals surface area contributed by atoms with Gasteiger partial charge in [-0.25, -0.2) is 8.78 Å². The highest BCUT2D eigenvalue weighted by Crippen LogP contribution is 2.24. The molecule has 1 atom stereocenters. The van der Waals surface area contributed by atoms with E-state index in [1.165, 1.54) is 0 Å². The summed E-state index contributed by atoms with van der Waals surface area (Å²) in [6.07, 6.45) is 0. The number of hydrogen-bond acceptors (Lipinski definition) is 2. The normalized spacial score (nSPS) is 12.6. The van der Waals surface area contributed by atoms with E-state index in [0.717, 1.165) is 12.1 Å². The number of nitrogens with two attached hydrogens (primary N) is 1. The van der Waals surface area contributed by atoms with Gasteiger partial charge in [-0.15, -0.1) is 0 Å². The molecule has 0 saturated heterocycles. The van der Waals surface area contributed by atoms with Crippen LogP contribution in [0.25, 0.3) is 0 Å². The number of carbonyl (C=O) groups excluding carboxylic acids is 1. The molecule has 0 unspecified atom stereocenters. The number of nitrogens with one attached hydrogen (secondary N) is 1. The standard InChI is InChI=1S/C11H13BrF2N2O/c1-5(2)9(15)11(17)16-10-7(13)3-6(12)4-8(10)14/h3-5,9H,15H2,1-2H3,(H,16,17)/t9-/m1/s1. The fourth-order valence-corrected chi connectivity index (χ4v) is 1.57. The van der Waals surface area contributed by atoms with Crippen LogP contribution in [0.5, 0.6) is 0 Å². The van der Waals surface area contributed by atoms with Crippen molar-refractivity contribution in [3.05, 3.63) is 28.2 Å². The average molecular weight is 307 g/mol. The van der Waals surface area contributed by atoms with E-state index in [2.05, 4.69) is 21.2 Å². The van der Waals surface area contributed by atoms with Crippen molar-refractivity contribution in [3.63, 3.8) is 0 Å². The smallest absolute Gasteiger partial charge is 0.241 e. The number of halogens is 3. The van der Waals surface area contributed by atoms with Crippen molar-refractivity contribution in [3.8, 4) is 0 Å². The van der Waals surface area contributed by atoms with E-state index in [4.69, 9.17) is 5.73 Å². The third kappa shape index (κ3) is 3.47. The van der Waals surface area contributed by atoms with Crippen LogP contribution in [0.1, 0.15) is 13.8 Å². The van der Waals surface area contributed by atoms with Crippen LogP contribution in [0.2, 0.25) is 0 Å². The summed E-state index contributed by atoms with van der Waals surface area (Å²) in [7, 11) is 0. The third-order valence-electron chi connectivity index (χ3n) is 2.28. The highest BCUT2D eigenvalue weighted by Gasteiger charge is 2.20. The molecular formula is C11H13BrF2N2O. The lowest BCUT2D eigenvalue weighted by Crippen LogP contribution is -2.40. The maximum Gasteiger partial charge on any atom is 0.241 e. The molecule has 17 heavy (non-hydrogen) atoms. The van der Waals surface area contributed by atoms with Crippen molar-refractivity contribution in [2.75, 3.05) is 5.32 Å². The van der Waals surface area contributed by atoms with Gasteiger partial charge in [-0.05, 0) is 18.1 Å². The summed E-state index contributed by atoms with van der Waals surface area (Å²) in [4.78, 5) is 11.6. The molecule has 0 spiro atoms. The molecule has 0 aliphatic heterocycles.